The molecule has 0 aromatic rings. The van der Waals surface area contributed by atoms with Crippen molar-refractivity contribution >= 4 is 5.97 Å². The van der Waals surface area contributed by atoms with E-state index in [9.17, 15) is 4.79 Å². The van der Waals surface area contributed by atoms with Crippen LogP contribution in [0.5, 0.6) is 0 Å². The maximum atomic E-state index is 11.7. The van der Waals surface area contributed by atoms with Crippen LogP contribution in [-0.4, -0.2) is 47.8 Å². The normalized spacial score (nSPS) is 24.9. The van der Waals surface area contributed by atoms with Gasteiger partial charge in [-0.1, -0.05) is 0 Å². The van der Waals surface area contributed by atoms with Crippen LogP contribution in [-0.2, 0) is 14.3 Å². The second kappa shape index (κ2) is 5.57. The number of ether oxygens (including phenoxy) is 2. The summed E-state index contributed by atoms with van der Waals surface area (Å²) in [4.78, 5) is 13.9. The Bertz CT molecular complexity index is 294. The molecule has 0 N–H and O–H groups in total. The zero-order chi connectivity index (χ0) is 14.0. The molecule has 18 heavy (non-hydrogen) atoms. The van der Waals surface area contributed by atoms with Gasteiger partial charge in [0, 0.05) is 19.6 Å². The summed E-state index contributed by atoms with van der Waals surface area (Å²) in [7, 11) is 0. The van der Waals surface area contributed by atoms with Crippen molar-refractivity contribution < 1.29 is 14.3 Å². The van der Waals surface area contributed by atoms with Gasteiger partial charge >= 0.3 is 5.97 Å². The van der Waals surface area contributed by atoms with E-state index in [-0.39, 0.29) is 17.7 Å². The predicted molar refractivity (Wildman–Crippen MR) is 71.5 cm³/mol. The SMILES string of the molecule is CC1CN(CCC(=O)OC(C)(C)C)CC(C)(C)O1. The van der Waals surface area contributed by atoms with E-state index in [0.29, 0.717) is 6.42 Å². The minimum absolute atomic E-state index is 0.126. The van der Waals surface area contributed by atoms with Crippen LogP contribution >= 0.6 is 0 Å². The average molecular weight is 257 g/mol. The molecule has 0 spiro atoms. The predicted octanol–water partition coefficient (Wildman–Crippen LogP) is 2.22. The first-order chi connectivity index (χ1) is 8.07. The summed E-state index contributed by atoms with van der Waals surface area (Å²) in [6.07, 6.45) is 0.660. The highest BCUT2D eigenvalue weighted by atomic mass is 16.6. The van der Waals surface area contributed by atoms with Gasteiger partial charge in [-0.05, 0) is 41.5 Å². The molecule has 0 aromatic heterocycles. The van der Waals surface area contributed by atoms with Crippen LogP contribution in [0.3, 0.4) is 0 Å². The van der Waals surface area contributed by atoms with Crippen LogP contribution in [0.4, 0.5) is 0 Å². The minimum Gasteiger partial charge on any atom is -0.460 e. The Morgan fingerprint density at radius 3 is 2.56 bits per heavy atom. The molecule has 1 aliphatic heterocycles. The molecule has 4 nitrogen and oxygen atoms in total. The van der Waals surface area contributed by atoms with Gasteiger partial charge in [0.2, 0.25) is 0 Å². The molecule has 1 unspecified atom stereocenters. The molecule has 0 aliphatic carbocycles. The third-order valence-corrected chi connectivity index (χ3v) is 2.69. The van der Waals surface area contributed by atoms with E-state index in [1.54, 1.807) is 0 Å². The summed E-state index contributed by atoms with van der Waals surface area (Å²) in [6.45, 7) is 14.4. The molecule has 0 saturated carbocycles. The molecular weight excluding hydrogens is 230 g/mol. The van der Waals surface area contributed by atoms with E-state index >= 15 is 0 Å². The molecular formula is C14H27NO3. The number of esters is 1. The first-order valence-corrected chi connectivity index (χ1v) is 6.69. The van der Waals surface area contributed by atoms with Gasteiger partial charge in [0.25, 0.3) is 0 Å². The van der Waals surface area contributed by atoms with Crippen LogP contribution in [0.1, 0.15) is 48.0 Å². The first kappa shape index (κ1) is 15.4. The standard InChI is InChI=1S/C14H27NO3/c1-11-9-15(10-14(5,6)17-11)8-7-12(16)18-13(2,3)4/h11H,7-10H2,1-6H3. The van der Waals surface area contributed by atoms with Gasteiger partial charge in [0.1, 0.15) is 5.60 Å². The fourth-order valence-corrected chi connectivity index (χ4v) is 2.40. The number of hydrogen-bond donors (Lipinski definition) is 0. The third kappa shape index (κ3) is 5.83. The maximum Gasteiger partial charge on any atom is 0.307 e. The Kier molecular flexibility index (Phi) is 4.78. The molecule has 1 fully saturated rings. The molecule has 106 valence electrons. The van der Waals surface area contributed by atoms with E-state index in [1.165, 1.54) is 0 Å². The van der Waals surface area contributed by atoms with E-state index < -0.39 is 5.60 Å². The van der Waals surface area contributed by atoms with Crippen molar-refractivity contribution in [3.05, 3.63) is 0 Å². The lowest BCUT2D eigenvalue weighted by Crippen LogP contribution is -2.52. The lowest BCUT2D eigenvalue weighted by Gasteiger charge is -2.41. The lowest BCUT2D eigenvalue weighted by molar-refractivity contribution is -0.157. The average Bonchev–Trinajstić information content (AvgIpc) is 2.08. The molecule has 0 radical (unpaired) electrons. The third-order valence-electron chi connectivity index (χ3n) is 2.69. The summed E-state index contributed by atoms with van der Waals surface area (Å²) in [5.41, 5.74) is -0.528. The highest BCUT2D eigenvalue weighted by molar-refractivity contribution is 5.70. The molecule has 0 bridgehead atoms. The van der Waals surface area contributed by atoms with Crippen molar-refractivity contribution in [1.29, 1.82) is 0 Å². The van der Waals surface area contributed by atoms with E-state index in [2.05, 4.69) is 25.7 Å². The fraction of sp³-hybridized carbons (Fsp3) is 0.929. The van der Waals surface area contributed by atoms with Crippen LogP contribution in [0.2, 0.25) is 0 Å². The van der Waals surface area contributed by atoms with Crippen molar-refractivity contribution in [1.82, 2.24) is 4.90 Å². The first-order valence-electron chi connectivity index (χ1n) is 6.69. The maximum absolute atomic E-state index is 11.7. The van der Waals surface area contributed by atoms with Crippen LogP contribution in [0.25, 0.3) is 0 Å². The summed E-state index contributed by atoms with van der Waals surface area (Å²) in [6, 6.07) is 0. The highest BCUT2D eigenvalue weighted by Gasteiger charge is 2.31. The minimum atomic E-state index is -0.394. The van der Waals surface area contributed by atoms with Crippen molar-refractivity contribution in [2.24, 2.45) is 0 Å². The van der Waals surface area contributed by atoms with Crippen LogP contribution in [0.15, 0.2) is 0 Å². The van der Waals surface area contributed by atoms with Gasteiger partial charge in [-0.25, -0.2) is 0 Å². The number of hydrogen-bond acceptors (Lipinski definition) is 4. The largest absolute Gasteiger partial charge is 0.460 e. The summed E-state index contributed by atoms with van der Waals surface area (Å²) < 4.78 is 11.1. The number of rotatable bonds is 3. The topological polar surface area (TPSA) is 38.8 Å². The Morgan fingerprint density at radius 2 is 2.06 bits per heavy atom. The number of carbonyl (C=O) groups is 1. The summed E-state index contributed by atoms with van der Waals surface area (Å²) in [5, 5.41) is 0. The van der Waals surface area contributed by atoms with Gasteiger partial charge in [0.05, 0.1) is 18.1 Å². The monoisotopic (exact) mass is 257 g/mol. The molecule has 1 aliphatic rings. The molecule has 4 heteroatoms. The highest BCUT2D eigenvalue weighted by Crippen LogP contribution is 2.21. The number of carbonyl (C=O) groups excluding carboxylic acids is 1. The van der Waals surface area contributed by atoms with E-state index in [1.807, 2.05) is 20.8 Å². The van der Waals surface area contributed by atoms with Gasteiger partial charge in [-0.2, -0.15) is 0 Å². The number of morpholine rings is 1. The Hall–Kier alpha value is -0.610. The van der Waals surface area contributed by atoms with Gasteiger partial charge in [-0.3, -0.25) is 9.69 Å². The Labute approximate surface area is 111 Å². The molecule has 1 rings (SSSR count). The van der Waals surface area contributed by atoms with Gasteiger partial charge < -0.3 is 9.47 Å². The molecule has 1 heterocycles. The zero-order valence-electron chi connectivity index (χ0n) is 12.6. The van der Waals surface area contributed by atoms with Crippen molar-refractivity contribution in [2.45, 2.75) is 65.3 Å². The summed E-state index contributed by atoms with van der Waals surface area (Å²) in [5.74, 6) is -0.126. The van der Waals surface area contributed by atoms with E-state index in [4.69, 9.17) is 9.47 Å². The van der Waals surface area contributed by atoms with Gasteiger partial charge in [0.15, 0.2) is 0 Å². The fourth-order valence-electron chi connectivity index (χ4n) is 2.40. The van der Waals surface area contributed by atoms with E-state index in [0.717, 1.165) is 19.6 Å². The smallest absolute Gasteiger partial charge is 0.307 e. The van der Waals surface area contributed by atoms with Crippen molar-refractivity contribution in [3.63, 3.8) is 0 Å². The lowest BCUT2D eigenvalue weighted by atomic mass is 10.1. The molecule has 1 atom stereocenters. The van der Waals surface area contributed by atoms with Crippen molar-refractivity contribution in [2.75, 3.05) is 19.6 Å². The Morgan fingerprint density at radius 1 is 1.44 bits per heavy atom. The van der Waals surface area contributed by atoms with Crippen LogP contribution < -0.4 is 0 Å². The zero-order valence-corrected chi connectivity index (χ0v) is 12.6. The molecule has 0 aromatic carbocycles. The quantitative estimate of drug-likeness (QED) is 0.727. The van der Waals surface area contributed by atoms with Crippen molar-refractivity contribution in [3.8, 4) is 0 Å². The Balaban J connectivity index is 2.37. The second-order valence-corrected chi connectivity index (χ2v) is 6.76. The summed E-state index contributed by atoms with van der Waals surface area (Å²) >= 11 is 0. The molecule has 0 amide bonds. The van der Waals surface area contributed by atoms with Gasteiger partial charge in [-0.15, -0.1) is 0 Å². The molecule has 1 saturated heterocycles. The number of nitrogens with zero attached hydrogens (tertiary/aromatic N) is 1. The second-order valence-electron chi connectivity index (χ2n) is 6.76. The van der Waals surface area contributed by atoms with Crippen LogP contribution in [0, 0.1) is 0 Å².